The maximum absolute atomic E-state index is 12.0. The highest BCUT2D eigenvalue weighted by Gasteiger charge is 2.16. The zero-order chi connectivity index (χ0) is 54.8. The summed E-state index contributed by atoms with van der Waals surface area (Å²) in [4.78, 5) is 48.7. The topological polar surface area (TPSA) is 187 Å². The van der Waals surface area contributed by atoms with Crippen molar-refractivity contribution in [3.63, 3.8) is 0 Å². The predicted molar refractivity (Wildman–Crippen MR) is 310 cm³/mol. The van der Waals surface area contributed by atoms with Crippen LogP contribution in [0.3, 0.4) is 0 Å². The fourth-order valence-corrected chi connectivity index (χ4v) is 8.47. The molecule has 0 saturated carbocycles. The van der Waals surface area contributed by atoms with Gasteiger partial charge in [-0.2, -0.15) is 0 Å². The van der Waals surface area contributed by atoms with Crippen molar-refractivity contribution in [1.82, 2.24) is 20.3 Å². The number of carbonyl (C=O) groups excluding carboxylic acids is 2. The Labute approximate surface area is 465 Å². The van der Waals surface area contributed by atoms with Gasteiger partial charge in [-0.25, -0.2) is 9.59 Å². The van der Waals surface area contributed by atoms with Crippen molar-refractivity contribution in [2.45, 2.75) is 40.7 Å². The summed E-state index contributed by atoms with van der Waals surface area (Å²) in [6.45, 7) is 9.53. The smallest absolute Gasteiger partial charge is 0.338 e. The lowest BCUT2D eigenvalue weighted by molar-refractivity contribution is 0.0377. The van der Waals surface area contributed by atoms with Gasteiger partial charge in [-0.05, 0) is 142 Å². The van der Waals surface area contributed by atoms with Gasteiger partial charge >= 0.3 is 11.9 Å². The van der Waals surface area contributed by atoms with E-state index < -0.39 is 5.97 Å². The molecule has 2 N–H and O–H groups in total. The average molecular weight is 1100 g/mol. The Morgan fingerprint density at radius 2 is 0.718 bits per heavy atom. The van der Waals surface area contributed by atoms with Crippen LogP contribution in [0.4, 0.5) is 0 Å². The molecular weight excluding hydrogens is 1040 g/mol. The van der Waals surface area contributed by atoms with Gasteiger partial charge in [0.05, 0.1) is 77.0 Å². The van der Waals surface area contributed by atoms with Crippen LogP contribution >= 0.6 is 24.8 Å². The van der Waals surface area contributed by atoms with E-state index in [1.807, 2.05) is 113 Å². The molecule has 9 rings (SSSR count). The van der Waals surface area contributed by atoms with Gasteiger partial charge in [0, 0.05) is 62.5 Å². The minimum atomic E-state index is -0.943. The molecule has 3 aromatic heterocycles. The number of esters is 1. The predicted octanol–water partition coefficient (Wildman–Crippen LogP) is 13.1. The van der Waals surface area contributed by atoms with Gasteiger partial charge in [0.2, 0.25) is 0 Å². The second kappa shape index (κ2) is 26.9. The van der Waals surface area contributed by atoms with E-state index >= 15 is 0 Å². The molecule has 0 aliphatic carbocycles. The van der Waals surface area contributed by atoms with E-state index in [4.69, 9.17) is 48.2 Å². The lowest BCUT2D eigenvalue weighted by atomic mass is 10.0. The van der Waals surface area contributed by atoms with Crippen LogP contribution in [-0.2, 0) is 4.74 Å². The maximum Gasteiger partial charge on any atom is 0.338 e. The Bertz CT molecular complexity index is 3590. The minimum Gasteiger partial charge on any atom is -0.493 e. The molecule has 0 atom stereocenters. The minimum absolute atomic E-state index is 0. The van der Waals surface area contributed by atoms with Gasteiger partial charge in [0.15, 0.2) is 34.5 Å². The van der Waals surface area contributed by atoms with Gasteiger partial charge in [-0.3, -0.25) is 19.7 Å². The number of carboxylic acid groups (broad SMARTS) is 1. The van der Waals surface area contributed by atoms with Crippen LogP contribution in [0.2, 0.25) is 0 Å². The quantitative estimate of drug-likeness (QED) is 0.104. The number of aromatic carboxylic acids is 1. The first-order valence-corrected chi connectivity index (χ1v) is 24.1. The standard InChI is InChI=1S/C22H23NO4.C20H20N2O3.C19H17NO4.2ClH/c1-13(2)27-22(24)16-8-6-15(7-9-16)19-10-17-11-20(25-4)21(26-5)12-18(17)14(3)23-19;1-12-16-11-19(25-4)18(24-3)10-15(16)9-17(22-12)13-5-7-14(8-6-13)20(23)21-2;1-11-15-10-18(24-3)17(23-2)9-14(15)8-16(20-11)12-4-6-13(7-5-12)19(21)22;;/h6-13H,1-5H3;5-11H,1-4H3,(H,21,23);4-10H,1-3H3,(H,21,22);2*1H. The second-order valence-electron chi connectivity index (χ2n) is 17.6. The number of carboxylic acids is 1. The first kappa shape index (κ1) is 60.2. The van der Waals surface area contributed by atoms with Crippen molar-refractivity contribution in [2.24, 2.45) is 0 Å². The number of fused-ring (bicyclic) bond motifs is 3. The van der Waals surface area contributed by atoms with Crippen LogP contribution < -0.4 is 33.7 Å². The van der Waals surface area contributed by atoms with Gasteiger partial charge in [0.1, 0.15) is 0 Å². The fraction of sp³-hybridized carbons (Fsp3) is 0.213. The largest absolute Gasteiger partial charge is 0.493 e. The molecule has 0 aliphatic heterocycles. The Kier molecular flexibility index (Phi) is 20.8. The molecule has 78 heavy (non-hydrogen) atoms. The van der Waals surface area contributed by atoms with Crippen LogP contribution in [0, 0.1) is 20.8 Å². The van der Waals surface area contributed by atoms with E-state index in [1.54, 1.807) is 98.2 Å². The molecule has 0 saturated heterocycles. The third kappa shape index (κ3) is 13.7. The number of hydrogen-bond acceptors (Lipinski definition) is 13. The summed E-state index contributed by atoms with van der Waals surface area (Å²) >= 11 is 0. The van der Waals surface area contributed by atoms with E-state index in [2.05, 4.69) is 10.3 Å². The molecule has 0 bridgehead atoms. The number of carbonyl (C=O) groups is 3. The van der Waals surface area contributed by atoms with E-state index in [1.165, 1.54) is 0 Å². The molecule has 0 aliphatic rings. The lowest BCUT2D eigenvalue weighted by Gasteiger charge is -2.12. The van der Waals surface area contributed by atoms with Crippen LogP contribution in [0.5, 0.6) is 34.5 Å². The molecule has 0 spiro atoms. The van der Waals surface area contributed by atoms with Crippen LogP contribution in [-0.4, -0.2) is 93.7 Å². The number of rotatable bonds is 13. The summed E-state index contributed by atoms with van der Waals surface area (Å²) in [7, 11) is 11.3. The number of methoxy groups -OCH3 is 6. The number of pyridine rings is 3. The number of benzene rings is 6. The van der Waals surface area contributed by atoms with Gasteiger partial charge in [-0.15, -0.1) is 24.8 Å². The zero-order valence-electron chi connectivity index (χ0n) is 45.4. The van der Waals surface area contributed by atoms with E-state index in [0.29, 0.717) is 45.6 Å². The Morgan fingerprint density at radius 3 is 0.987 bits per heavy atom. The molecule has 0 fully saturated rings. The number of aryl methyl sites for hydroxylation is 3. The molecule has 0 radical (unpaired) electrons. The first-order valence-electron chi connectivity index (χ1n) is 24.1. The summed E-state index contributed by atoms with van der Waals surface area (Å²) in [5.74, 6) is 2.66. The lowest BCUT2D eigenvalue weighted by Crippen LogP contribution is -2.17. The zero-order valence-corrected chi connectivity index (χ0v) is 47.0. The van der Waals surface area contributed by atoms with E-state index in [9.17, 15) is 14.4 Å². The SMILES string of the molecule is CNC(=O)c1ccc(-c2cc3cc(OC)c(OC)cc3c(C)n2)cc1.COc1cc2cc(-c3ccc(C(=O)O)cc3)nc(C)c2cc1OC.COc1cc2cc(-c3ccc(C(=O)OC(C)C)cc3)nc(C)c2cc1OC.Cl.Cl. The second-order valence-corrected chi connectivity index (χ2v) is 17.6. The summed E-state index contributed by atoms with van der Waals surface area (Å²) in [6.07, 6.45) is -0.144. The molecule has 3 heterocycles. The number of ether oxygens (including phenoxy) is 7. The van der Waals surface area contributed by atoms with Crippen molar-refractivity contribution >= 4 is 75.0 Å². The summed E-state index contributed by atoms with van der Waals surface area (Å²) in [5, 5.41) is 17.6. The average Bonchev–Trinajstić information content (AvgIpc) is 3.46. The monoisotopic (exact) mass is 1100 g/mol. The molecule has 9 aromatic rings. The number of amides is 1. The highest BCUT2D eigenvalue weighted by molar-refractivity contribution is 5.96. The third-order valence-corrected chi connectivity index (χ3v) is 12.4. The highest BCUT2D eigenvalue weighted by Crippen LogP contribution is 2.38. The Hall–Kier alpha value is -8.66. The van der Waals surface area contributed by atoms with Gasteiger partial charge < -0.3 is 43.6 Å². The number of halogens is 2. The number of nitrogens with zero attached hydrogens (tertiary/aromatic N) is 3. The fourth-order valence-electron chi connectivity index (χ4n) is 8.47. The Morgan fingerprint density at radius 1 is 0.436 bits per heavy atom. The molecule has 17 heteroatoms. The molecule has 6 aromatic carbocycles. The van der Waals surface area contributed by atoms with Gasteiger partial charge in [0.25, 0.3) is 5.91 Å². The Balaban J connectivity index is 0.000000213. The molecule has 15 nitrogen and oxygen atoms in total. The van der Waals surface area contributed by atoms with Crippen molar-refractivity contribution in [2.75, 3.05) is 49.7 Å². The van der Waals surface area contributed by atoms with Gasteiger partial charge in [-0.1, -0.05) is 36.4 Å². The maximum atomic E-state index is 12.0. The summed E-state index contributed by atoms with van der Waals surface area (Å²) in [6, 6.07) is 38.9. The van der Waals surface area contributed by atoms with Crippen LogP contribution in [0.15, 0.2) is 127 Å². The van der Waals surface area contributed by atoms with Crippen LogP contribution in [0.25, 0.3) is 66.1 Å². The van der Waals surface area contributed by atoms with Crippen molar-refractivity contribution in [3.8, 4) is 68.3 Å². The van der Waals surface area contributed by atoms with E-state index in [-0.39, 0.29) is 48.4 Å². The summed E-state index contributed by atoms with van der Waals surface area (Å²) in [5.41, 5.74) is 9.26. The van der Waals surface area contributed by atoms with Crippen molar-refractivity contribution < 1.29 is 52.6 Å². The van der Waals surface area contributed by atoms with Crippen molar-refractivity contribution in [1.29, 1.82) is 0 Å². The molecular formula is C61H62Cl2N4O11. The van der Waals surface area contributed by atoms with Crippen LogP contribution in [0.1, 0.15) is 62.0 Å². The normalized spacial score (nSPS) is 10.4. The number of aromatic nitrogens is 3. The number of hydrogen-bond donors (Lipinski definition) is 2. The highest BCUT2D eigenvalue weighted by atomic mass is 35.5. The van der Waals surface area contributed by atoms with Crippen molar-refractivity contribution in [3.05, 3.63) is 161 Å². The van der Waals surface area contributed by atoms with E-state index in [0.717, 1.165) is 83.2 Å². The number of nitrogens with one attached hydrogen (secondary N) is 1. The third-order valence-electron chi connectivity index (χ3n) is 12.4. The molecule has 0 unspecified atom stereocenters. The summed E-state index contributed by atoms with van der Waals surface area (Å²) < 4.78 is 37.5. The molecule has 1 amide bonds. The first-order chi connectivity index (χ1) is 36.5. The molecule has 406 valence electrons.